The topological polar surface area (TPSA) is 64.4 Å². The third-order valence-electron chi connectivity index (χ3n) is 6.31. The van der Waals surface area contributed by atoms with Crippen molar-refractivity contribution in [2.75, 3.05) is 20.2 Å². The van der Waals surface area contributed by atoms with Crippen LogP contribution < -0.4 is 10.3 Å². The zero-order valence-electron chi connectivity index (χ0n) is 16.7. The molecule has 4 heterocycles. The van der Waals surface area contributed by atoms with Crippen molar-refractivity contribution < 1.29 is 9.53 Å². The Hall–Kier alpha value is -2.93. The van der Waals surface area contributed by atoms with Crippen LogP contribution in [0.3, 0.4) is 0 Å². The summed E-state index contributed by atoms with van der Waals surface area (Å²) in [5, 5.41) is 0. The van der Waals surface area contributed by atoms with Crippen molar-refractivity contribution in [1.82, 2.24) is 14.5 Å². The fourth-order valence-electron chi connectivity index (χ4n) is 4.99. The average Bonchev–Trinajstić information content (AvgIpc) is 3.31. The molecule has 0 aliphatic carbocycles. The number of thiazole rings is 1. The molecule has 2 aromatic heterocycles. The first kappa shape index (κ1) is 19.1. The van der Waals surface area contributed by atoms with E-state index in [0.29, 0.717) is 18.0 Å². The Balaban J connectivity index is 1.52. The van der Waals surface area contributed by atoms with Crippen LogP contribution >= 0.6 is 11.3 Å². The molecule has 3 aromatic rings. The Morgan fingerprint density at radius 1 is 1.23 bits per heavy atom. The number of nitrogens with zero attached hydrogens (tertiary/aromatic N) is 3. The highest BCUT2D eigenvalue weighted by Crippen LogP contribution is 2.42. The van der Waals surface area contributed by atoms with E-state index < -0.39 is 0 Å². The smallest absolute Gasteiger partial charge is 0.265 e. The third-order valence-corrected chi connectivity index (χ3v) is 7.07. The molecule has 0 saturated carbocycles. The number of hydrogen-bond donors (Lipinski definition) is 0. The first-order chi connectivity index (χ1) is 14.6. The van der Waals surface area contributed by atoms with Crippen LogP contribution in [0, 0.1) is 5.92 Å². The van der Waals surface area contributed by atoms with E-state index >= 15 is 0 Å². The molecule has 7 heteroatoms. The lowest BCUT2D eigenvalue weighted by Gasteiger charge is -2.47. The number of rotatable bonds is 4. The minimum Gasteiger partial charge on any atom is -0.497 e. The number of carbonyl (C=O) groups excluding carboxylic acids is 1. The van der Waals surface area contributed by atoms with Gasteiger partial charge in [0.1, 0.15) is 10.6 Å². The SMILES string of the molecule is COc1cccc(C[C@H]2[C@H]3C[C@H](CN(C(=O)c4cncs4)C3)c3cccc(=O)n32)c1. The number of piperidine rings is 1. The maximum atomic E-state index is 13.0. The second kappa shape index (κ2) is 7.72. The Morgan fingerprint density at radius 2 is 2.10 bits per heavy atom. The number of carbonyl (C=O) groups is 1. The first-order valence-electron chi connectivity index (χ1n) is 10.2. The van der Waals surface area contributed by atoms with E-state index in [1.165, 1.54) is 11.3 Å². The van der Waals surface area contributed by atoms with Crippen molar-refractivity contribution in [1.29, 1.82) is 0 Å². The standard InChI is InChI=1S/C23H23N3O3S/c1-29-18-5-2-4-15(8-18)9-20-17-10-16(19-6-3-7-22(27)26(19)20)12-25(13-17)23(28)21-11-24-14-30-21/h2-8,11,14,16-17,20H,9-10,12-13H2,1H3/t16-,17+,20+/m1/s1. The lowest BCUT2D eigenvalue weighted by molar-refractivity contribution is 0.0533. The van der Waals surface area contributed by atoms with Crippen LogP contribution in [0.4, 0.5) is 0 Å². The molecule has 0 radical (unpaired) electrons. The van der Waals surface area contributed by atoms with Gasteiger partial charge in [0.05, 0.1) is 18.8 Å². The normalized spacial score (nSPS) is 22.4. The van der Waals surface area contributed by atoms with Crippen LogP contribution in [0.5, 0.6) is 5.75 Å². The number of ether oxygens (including phenoxy) is 1. The van der Waals surface area contributed by atoms with Gasteiger partial charge in [0.2, 0.25) is 0 Å². The summed E-state index contributed by atoms with van der Waals surface area (Å²) in [6, 6.07) is 13.5. The van der Waals surface area contributed by atoms with Crippen LogP contribution in [0.1, 0.15) is 39.3 Å². The molecule has 0 unspecified atom stereocenters. The molecule has 5 rings (SSSR count). The summed E-state index contributed by atoms with van der Waals surface area (Å²) in [7, 11) is 1.66. The van der Waals surface area contributed by atoms with Gasteiger partial charge in [-0.05, 0) is 42.5 Å². The Labute approximate surface area is 178 Å². The molecule has 1 aromatic carbocycles. The summed E-state index contributed by atoms with van der Waals surface area (Å²) >= 11 is 1.38. The lowest BCUT2D eigenvalue weighted by Crippen LogP contribution is -2.51. The van der Waals surface area contributed by atoms with E-state index in [4.69, 9.17) is 4.74 Å². The number of fused-ring (bicyclic) bond motifs is 4. The summed E-state index contributed by atoms with van der Waals surface area (Å²) in [6.07, 6.45) is 3.36. The second-order valence-electron chi connectivity index (χ2n) is 8.05. The highest BCUT2D eigenvalue weighted by Gasteiger charge is 2.42. The summed E-state index contributed by atoms with van der Waals surface area (Å²) in [4.78, 5) is 32.6. The number of aromatic nitrogens is 2. The van der Waals surface area contributed by atoms with Gasteiger partial charge in [-0.15, -0.1) is 11.3 Å². The van der Waals surface area contributed by atoms with Gasteiger partial charge >= 0.3 is 0 Å². The quantitative estimate of drug-likeness (QED) is 0.648. The van der Waals surface area contributed by atoms with Gasteiger partial charge in [-0.2, -0.15) is 0 Å². The maximum absolute atomic E-state index is 13.0. The van der Waals surface area contributed by atoms with Gasteiger partial charge in [-0.1, -0.05) is 18.2 Å². The van der Waals surface area contributed by atoms with Gasteiger partial charge < -0.3 is 14.2 Å². The molecule has 3 atom stereocenters. The van der Waals surface area contributed by atoms with Gasteiger partial charge in [0.15, 0.2) is 0 Å². The highest BCUT2D eigenvalue weighted by atomic mass is 32.1. The molecule has 2 aliphatic heterocycles. The Bertz CT molecular complexity index is 1120. The Kier molecular flexibility index (Phi) is 4.90. The molecule has 2 aliphatic rings. The van der Waals surface area contributed by atoms with E-state index in [1.807, 2.05) is 39.8 Å². The molecule has 1 fully saturated rings. The number of benzene rings is 1. The first-order valence-corrected chi connectivity index (χ1v) is 11.0. The predicted molar refractivity (Wildman–Crippen MR) is 115 cm³/mol. The molecule has 0 N–H and O–H groups in total. The minimum absolute atomic E-state index is 0.00844. The molecule has 154 valence electrons. The van der Waals surface area contributed by atoms with Crippen molar-refractivity contribution in [2.24, 2.45) is 5.92 Å². The van der Waals surface area contributed by atoms with Gasteiger partial charge in [0, 0.05) is 36.8 Å². The number of likely N-dealkylation sites (tertiary alicyclic amines) is 1. The molecule has 30 heavy (non-hydrogen) atoms. The molecule has 1 amide bonds. The number of amides is 1. The van der Waals surface area contributed by atoms with Crippen LogP contribution in [0.25, 0.3) is 0 Å². The summed E-state index contributed by atoms with van der Waals surface area (Å²) in [6.45, 7) is 1.30. The summed E-state index contributed by atoms with van der Waals surface area (Å²) in [5.41, 5.74) is 3.90. The monoisotopic (exact) mass is 421 g/mol. The number of pyridine rings is 1. The lowest BCUT2D eigenvalue weighted by atomic mass is 9.76. The maximum Gasteiger partial charge on any atom is 0.265 e. The number of methoxy groups -OCH3 is 1. The largest absolute Gasteiger partial charge is 0.497 e. The average molecular weight is 422 g/mol. The van der Waals surface area contributed by atoms with Crippen molar-refractivity contribution in [3.05, 3.63) is 80.7 Å². The molecular formula is C23H23N3O3S. The number of hydrogen-bond acceptors (Lipinski definition) is 5. The highest BCUT2D eigenvalue weighted by molar-refractivity contribution is 7.11. The minimum atomic E-state index is 0.00844. The van der Waals surface area contributed by atoms with Gasteiger partial charge in [0.25, 0.3) is 11.5 Å². The van der Waals surface area contributed by atoms with Crippen LogP contribution in [-0.2, 0) is 6.42 Å². The van der Waals surface area contributed by atoms with Crippen molar-refractivity contribution >= 4 is 17.2 Å². The molecular weight excluding hydrogens is 398 g/mol. The Morgan fingerprint density at radius 3 is 2.90 bits per heavy atom. The molecule has 6 nitrogen and oxygen atoms in total. The fraction of sp³-hybridized carbons (Fsp3) is 0.348. The fourth-order valence-corrected chi connectivity index (χ4v) is 5.58. The van der Waals surface area contributed by atoms with Crippen molar-refractivity contribution in [3.8, 4) is 5.75 Å². The van der Waals surface area contributed by atoms with Crippen LogP contribution in [0.2, 0.25) is 0 Å². The van der Waals surface area contributed by atoms with Gasteiger partial charge in [-0.3, -0.25) is 14.6 Å². The predicted octanol–water partition coefficient (Wildman–Crippen LogP) is 3.36. The zero-order valence-corrected chi connectivity index (χ0v) is 17.5. The molecule has 1 saturated heterocycles. The van der Waals surface area contributed by atoms with Gasteiger partial charge in [-0.25, -0.2) is 0 Å². The molecule has 2 bridgehead atoms. The summed E-state index contributed by atoms with van der Waals surface area (Å²) < 4.78 is 7.36. The zero-order chi connectivity index (χ0) is 20.7. The van der Waals surface area contributed by atoms with Crippen molar-refractivity contribution in [3.63, 3.8) is 0 Å². The van der Waals surface area contributed by atoms with E-state index in [2.05, 4.69) is 11.1 Å². The van der Waals surface area contributed by atoms with E-state index in [-0.39, 0.29) is 29.3 Å². The third kappa shape index (κ3) is 3.33. The molecule has 0 spiro atoms. The van der Waals surface area contributed by atoms with E-state index in [9.17, 15) is 9.59 Å². The second-order valence-corrected chi connectivity index (χ2v) is 8.94. The van der Waals surface area contributed by atoms with E-state index in [0.717, 1.165) is 29.8 Å². The van der Waals surface area contributed by atoms with Crippen LogP contribution in [0.15, 0.2) is 59.0 Å². The van der Waals surface area contributed by atoms with Crippen molar-refractivity contribution in [2.45, 2.75) is 24.8 Å². The summed E-state index contributed by atoms with van der Waals surface area (Å²) in [5.74, 6) is 1.25. The van der Waals surface area contributed by atoms with Crippen LogP contribution in [-0.4, -0.2) is 40.6 Å². The van der Waals surface area contributed by atoms with E-state index in [1.54, 1.807) is 24.9 Å².